The maximum Gasteiger partial charge on any atom is 0.438 e. The average Bonchev–Trinajstić information content (AvgIpc) is 3.13. The standard InChI is InChI=1S/C23H31N3O5/c1-14-12-23(14,20-24-21(29)31-25-20)26-15(2)8-9-16(6-5-7-18(26)19(27)28)17-10-11-30-22(3,4)13-17/h6-9,14,17,19,27-28H,2,5,10-13H2,1,3-4H3,(H,24,25,29)/b9-8-,16-6+,18-7-/t14-,17-,23-/m0/s1. The van der Waals surface area contributed by atoms with Crippen molar-refractivity contribution in [1.29, 1.82) is 0 Å². The lowest BCUT2D eigenvalue weighted by atomic mass is 9.82. The molecule has 3 aliphatic rings. The van der Waals surface area contributed by atoms with Gasteiger partial charge in [0.25, 0.3) is 0 Å². The number of aromatic amines is 1. The Hall–Kier alpha value is -2.42. The molecule has 1 aliphatic carbocycles. The highest BCUT2D eigenvalue weighted by Gasteiger charge is 2.61. The molecular formula is C23H31N3O5. The predicted octanol–water partition coefficient (Wildman–Crippen LogP) is 2.70. The number of aromatic nitrogens is 2. The number of rotatable bonds is 4. The molecule has 1 aromatic heterocycles. The maximum atomic E-state index is 11.6. The summed E-state index contributed by atoms with van der Waals surface area (Å²) in [5, 5.41) is 24.3. The van der Waals surface area contributed by atoms with E-state index in [4.69, 9.17) is 9.26 Å². The molecule has 2 fully saturated rings. The van der Waals surface area contributed by atoms with Gasteiger partial charge in [-0.2, -0.15) is 0 Å². The van der Waals surface area contributed by atoms with Crippen LogP contribution in [0, 0.1) is 11.8 Å². The molecule has 0 bridgehead atoms. The first-order valence-corrected chi connectivity index (χ1v) is 10.8. The lowest BCUT2D eigenvalue weighted by Gasteiger charge is -2.36. The van der Waals surface area contributed by atoms with E-state index in [1.807, 2.05) is 13.0 Å². The van der Waals surface area contributed by atoms with Crippen LogP contribution in [0.1, 0.15) is 52.3 Å². The third-order valence-corrected chi connectivity index (χ3v) is 6.65. The van der Waals surface area contributed by atoms with Crippen LogP contribution < -0.4 is 5.76 Å². The Morgan fingerprint density at radius 1 is 1.29 bits per heavy atom. The van der Waals surface area contributed by atoms with Gasteiger partial charge in [-0.05, 0) is 63.0 Å². The van der Waals surface area contributed by atoms with Gasteiger partial charge < -0.3 is 19.8 Å². The fraction of sp³-hybridized carbons (Fsp3) is 0.565. The molecule has 3 heterocycles. The number of ether oxygens (including phenoxy) is 1. The second-order valence-corrected chi connectivity index (χ2v) is 9.37. The number of hydrogen-bond donors (Lipinski definition) is 3. The van der Waals surface area contributed by atoms with E-state index in [2.05, 4.69) is 42.7 Å². The quantitative estimate of drug-likeness (QED) is 0.631. The lowest BCUT2D eigenvalue weighted by Crippen LogP contribution is -2.39. The van der Waals surface area contributed by atoms with Crippen molar-refractivity contribution in [3.63, 3.8) is 0 Å². The van der Waals surface area contributed by atoms with Crippen molar-refractivity contribution in [2.24, 2.45) is 11.8 Å². The number of aliphatic hydroxyl groups is 2. The Bertz CT molecular complexity index is 999. The second kappa shape index (κ2) is 7.93. The summed E-state index contributed by atoms with van der Waals surface area (Å²) >= 11 is 0. The Morgan fingerprint density at radius 2 is 2.03 bits per heavy atom. The van der Waals surface area contributed by atoms with Gasteiger partial charge in [-0.3, -0.25) is 9.51 Å². The summed E-state index contributed by atoms with van der Waals surface area (Å²) in [5.41, 5.74) is 1.18. The van der Waals surface area contributed by atoms with Crippen molar-refractivity contribution >= 4 is 0 Å². The smallest absolute Gasteiger partial charge is 0.376 e. The molecule has 1 saturated carbocycles. The second-order valence-electron chi connectivity index (χ2n) is 9.37. The Labute approximate surface area is 181 Å². The molecule has 31 heavy (non-hydrogen) atoms. The van der Waals surface area contributed by atoms with Gasteiger partial charge in [0.2, 0.25) is 0 Å². The zero-order valence-electron chi connectivity index (χ0n) is 18.3. The van der Waals surface area contributed by atoms with Crippen LogP contribution in [-0.2, 0) is 10.3 Å². The number of nitrogens with one attached hydrogen (secondary N) is 1. The average molecular weight is 430 g/mol. The number of hydrogen-bond acceptors (Lipinski definition) is 7. The van der Waals surface area contributed by atoms with Crippen LogP contribution in [0.5, 0.6) is 0 Å². The van der Waals surface area contributed by atoms with Gasteiger partial charge in [-0.25, -0.2) is 4.79 Å². The molecule has 3 N–H and O–H groups in total. The number of aliphatic hydroxyl groups excluding tert-OH is 1. The molecule has 8 heteroatoms. The Kier molecular flexibility index (Phi) is 5.57. The first-order chi connectivity index (χ1) is 14.6. The van der Waals surface area contributed by atoms with E-state index >= 15 is 0 Å². The zero-order chi connectivity index (χ0) is 22.4. The van der Waals surface area contributed by atoms with Crippen LogP contribution >= 0.6 is 0 Å². The number of H-pyrrole nitrogens is 1. The summed E-state index contributed by atoms with van der Waals surface area (Å²) in [7, 11) is 0. The molecule has 2 aliphatic heterocycles. The first kappa shape index (κ1) is 21.8. The summed E-state index contributed by atoms with van der Waals surface area (Å²) in [5.74, 6) is 0.186. The van der Waals surface area contributed by atoms with E-state index in [0.29, 0.717) is 42.6 Å². The van der Waals surface area contributed by atoms with E-state index < -0.39 is 17.6 Å². The molecule has 168 valence electrons. The number of allylic oxidation sites excluding steroid dienone is 5. The predicted molar refractivity (Wildman–Crippen MR) is 114 cm³/mol. The molecular weight excluding hydrogens is 398 g/mol. The van der Waals surface area contributed by atoms with Gasteiger partial charge >= 0.3 is 5.76 Å². The molecule has 0 spiro atoms. The van der Waals surface area contributed by atoms with E-state index in [9.17, 15) is 15.0 Å². The minimum atomic E-state index is -1.70. The van der Waals surface area contributed by atoms with Gasteiger partial charge in [0.05, 0.1) is 11.3 Å². The van der Waals surface area contributed by atoms with Crippen LogP contribution in [0.25, 0.3) is 0 Å². The third-order valence-electron chi connectivity index (χ3n) is 6.65. The zero-order valence-corrected chi connectivity index (χ0v) is 18.3. The molecule has 1 aromatic rings. The van der Waals surface area contributed by atoms with Crippen molar-refractivity contribution in [3.8, 4) is 0 Å². The third kappa shape index (κ3) is 4.07. The topological polar surface area (TPSA) is 112 Å². The fourth-order valence-corrected chi connectivity index (χ4v) is 5.01. The van der Waals surface area contributed by atoms with Crippen molar-refractivity contribution in [3.05, 3.63) is 64.2 Å². The van der Waals surface area contributed by atoms with E-state index in [1.54, 1.807) is 11.0 Å². The van der Waals surface area contributed by atoms with Gasteiger partial charge in [0.15, 0.2) is 12.1 Å². The maximum absolute atomic E-state index is 11.6. The molecule has 8 nitrogen and oxygen atoms in total. The lowest BCUT2D eigenvalue weighted by molar-refractivity contribution is -0.0657. The monoisotopic (exact) mass is 429 g/mol. The number of nitrogens with zero attached hydrogens (tertiary/aromatic N) is 2. The minimum Gasteiger partial charge on any atom is -0.376 e. The van der Waals surface area contributed by atoms with Crippen LogP contribution in [0.15, 0.2) is 57.2 Å². The summed E-state index contributed by atoms with van der Waals surface area (Å²) in [6.07, 6.45) is 9.26. The highest BCUT2D eigenvalue weighted by atomic mass is 16.5. The van der Waals surface area contributed by atoms with Gasteiger partial charge in [-0.15, -0.1) is 0 Å². The first-order valence-electron chi connectivity index (χ1n) is 10.8. The van der Waals surface area contributed by atoms with Crippen LogP contribution in [-0.4, -0.2) is 43.8 Å². The summed E-state index contributed by atoms with van der Waals surface area (Å²) in [4.78, 5) is 16.1. The molecule has 0 aromatic carbocycles. The van der Waals surface area contributed by atoms with Crippen molar-refractivity contribution < 1.29 is 19.5 Å². The largest absolute Gasteiger partial charge is 0.438 e. The fourth-order valence-electron chi connectivity index (χ4n) is 5.01. The molecule has 0 amide bonds. The van der Waals surface area contributed by atoms with Crippen LogP contribution in [0.2, 0.25) is 0 Å². The van der Waals surface area contributed by atoms with Crippen LogP contribution in [0.3, 0.4) is 0 Å². The Balaban J connectivity index is 1.71. The van der Waals surface area contributed by atoms with Gasteiger partial charge in [-0.1, -0.05) is 36.9 Å². The highest BCUT2D eigenvalue weighted by molar-refractivity contribution is 5.38. The van der Waals surface area contributed by atoms with Crippen LogP contribution in [0.4, 0.5) is 0 Å². The molecule has 4 rings (SSSR count). The molecule has 0 unspecified atom stereocenters. The summed E-state index contributed by atoms with van der Waals surface area (Å²) in [6, 6.07) is 0. The highest BCUT2D eigenvalue weighted by Crippen LogP contribution is 2.58. The SMILES string of the molecule is C=C1/C=C\C([C@H]2CCOC(C)(C)C2)=C/C/C=C(/C(O)O)N1[C@@]1(c2noc(=O)[nH]2)C[C@@H]1C. The summed E-state index contributed by atoms with van der Waals surface area (Å²) in [6.45, 7) is 11.2. The van der Waals surface area contributed by atoms with E-state index in [-0.39, 0.29) is 11.5 Å². The molecule has 0 radical (unpaired) electrons. The van der Waals surface area contributed by atoms with Crippen molar-refractivity contribution in [2.45, 2.75) is 63.9 Å². The van der Waals surface area contributed by atoms with Crippen molar-refractivity contribution in [1.82, 2.24) is 15.0 Å². The molecule has 1 saturated heterocycles. The van der Waals surface area contributed by atoms with Gasteiger partial charge in [0.1, 0.15) is 5.54 Å². The normalized spacial score (nSPS) is 35.4. The summed E-state index contributed by atoms with van der Waals surface area (Å²) < 4.78 is 10.6. The van der Waals surface area contributed by atoms with E-state index in [1.165, 1.54) is 5.57 Å². The van der Waals surface area contributed by atoms with Gasteiger partial charge in [0, 0.05) is 12.3 Å². The van der Waals surface area contributed by atoms with E-state index in [0.717, 1.165) is 12.8 Å². The van der Waals surface area contributed by atoms with Crippen molar-refractivity contribution in [2.75, 3.05) is 6.61 Å². The molecule has 3 atom stereocenters. The minimum absolute atomic E-state index is 0.102. The Morgan fingerprint density at radius 3 is 2.61 bits per heavy atom.